The summed E-state index contributed by atoms with van der Waals surface area (Å²) in [5.41, 5.74) is 2.11. The van der Waals surface area contributed by atoms with Gasteiger partial charge in [-0.1, -0.05) is 20.8 Å². The minimum absolute atomic E-state index is 0.00500. The van der Waals surface area contributed by atoms with E-state index in [1.807, 2.05) is 6.07 Å². The maximum absolute atomic E-state index is 12.0. The van der Waals surface area contributed by atoms with Crippen molar-refractivity contribution in [2.45, 2.75) is 46.1 Å². The molecule has 0 saturated carbocycles. The first-order valence-corrected chi connectivity index (χ1v) is 6.84. The van der Waals surface area contributed by atoms with Crippen LogP contribution in [0.3, 0.4) is 0 Å². The molecule has 2 rings (SSSR count). The highest BCUT2D eigenvalue weighted by Gasteiger charge is 2.33. The van der Waals surface area contributed by atoms with Crippen LogP contribution in [0.4, 0.5) is 5.69 Å². The lowest BCUT2D eigenvalue weighted by Crippen LogP contribution is -2.20. The summed E-state index contributed by atoms with van der Waals surface area (Å²) in [6, 6.07) is 1.94. The Morgan fingerprint density at radius 2 is 2.37 bits per heavy atom. The SMILES string of the molecule is CCc1ccncc1NC(=O)CC1CC(C)(C)CO1. The van der Waals surface area contributed by atoms with E-state index >= 15 is 0 Å². The molecule has 1 aliphatic heterocycles. The number of hydrogen-bond donors (Lipinski definition) is 1. The van der Waals surface area contributed by atoms with Gasteiger partial charge in [-0.2, -0.15) is 0 Å². The normalized spacial score (nSPS) is 21.3. The fourth-order valence-electron chi connectivity index (χ4n) is 2.46. The van der Waals surface area contributed by atoms with Gasteiger partial charge in [-0.05, 0) is 29.9 Å². The molecule has 2 heterocycles. The first-order chi connectivity index (χ1) is 9.00. The molecule has 4 heteroatoms. The van der Waals surface area contributed by atoms with E-state index in [4.69, 9.17) is 4.74 Å². The number of aromatic nitrogens is 1. The van der Waals surface area contributed by atoms with Crippen LogP contribution in [0, 0.1) is 5.41 Å². The van der Waals surface area contributed by atoms with Crippen molar-refractivity contribution >= 4 is 11.6 Å². The molecule has 0 aliphatic carbocycles. The topological polar surface area (TPSA) is 51.2 Å². The van der Waals surface area contributed by atoms with Crippen molar-refractivity contribution < 1.29 is 9.53 Å². The maximum atomic E-state index is 12.0. The van der Waals surface area contributed by atoms with E-state index in [0.717, 1.165) is 30.7 Å². The number of rotatable bonds is 4. The van der Waals surface area contributed by atoms with E-state index in [9.17, 15) is 4.79 Å². The molecule has 1 aromatic heterocycles. The Labute approximate surface area is 114 Å². The summed E-state index contributed by atoms with van der Waals surface area (Å²) in [4.78, 5) is 16.1. The van der Waals surface area contributed by atoms with Gasteiger partial charge in [-0.15, -0.1) is 0 Å². The molecule has 19 heavy (non-hydrogen) atoms. The largest absolute Gasteiger partial charge is 0.377 e. The average molecular weight is 262 g/mol. The van der Waals surface area contributed by atoms with E-state index in [1.165, 1.54) is 0 Å². The predicted octanol–water partition coefficient (Wildman–Crippen LogP) is 2.79. The zero-order valence-electron chi connectivity index (χ0n) is 11.9. The van der Waals surface area contributed by atoms with Gasteiger partial charge in [0.25, 0.3) is 0 Å². The minimum atomic E-state index is 0.00500. The third kappa shape index (κ3) is 3.77. The highest BCUT2D eigenvalue weighted by atomic mass is 16.5. The second kappa shape index (κ2) is 5.70. The molecule has 0 spiro atoms. The zero-order valence-corrected chi connectivity index (χ0v) is 11.9. The Morgan fingerprint density at radius 1 is 1.58 bits per heavy atom. The molecule has 1 unspecified atom stereocenters. The minimum Gasteiger partial charge on any atom is -0.377 e. The standard InChI is InChI=1S/C15H22N2O2/c1-4-11-5-6-16-9-13(11)17-14(18)7-12-8-15(2,3)10-19-12/h5-6,9,12H,4,7-8,10H2,1-3H3,(H,17,18). The lowest BCUT2D eigenvalue weighted by molar-refractivity contribution is -0.118. The number of ether oxygens (including phenoxy) is 1. The molecule has 1 atom stereocenters. The number of carbonyl (C=O) groups is 1. The second-order valence-corrected chi connectivity index (χ2v) is 5.94. The zero-order chi connectivity index (χ0) is 13.9. The van der Waals surface area contributed by atoms with Crippen molar-refractivity contribution in [2.75, 3.05) is 11.9 Å². The van der Waals surface area contributed by atoms with Gasteiger partial charge < -0.3 is 10.1 Å². The van der Waals surface area contributed by atoms with Crippen molar-refractivity contribution in [2.24, 2.45) is 5.41 Å². The number of amides is 1. The van der Waals surface area contributed by atoms with Gasteiger partial charge in [0.15, 0.2) is 0 Å². The van der Waals surface area contributed by atoms with Crippen LogP contribution in [0.5, 0.6) is 0 Å². The molecule has 1 fully saturated rings. The lowest BCUT2D eigenvalue weighted by Gasteiger charge is -2.14. The predicted molar refractivity (Wildman–Crippen MR) is 75.0 cm³/mol. The molecule has 0 bridgehead atoms. The molecule has 1 aliphatic rings. The number of carbonyl (C=O) groups excluding carboxylic acids is 1. The summed E-state index contributed by atoms with van der Waals surface area (Å²) in [5.74, 6) is 0.00500. The van der Waals surface area contributed by atoms with Crippen LogP contribution in [0.2, 0.25) is 0 Å². The number of pyridine rings is 1. The molecular formula is C15H22N2O2. The lowest BCUT2D eigenvalue weighted by atomic mass is 9.90. The Hall–Kier alpha value is -1.42. The average Bonchev–Trinajstić information content (AvgIpc) is 2.69. The Kier molecular flexibility index (Phi) is 4.20. The van der Waals surface area contributed by atoms with Gasteiger partial charge >= 0.3 is 0 Å². The van der Waals surface area contributed by atoms with Crippen LogP contribution in [0.1, 0.15) is 39.2 Å². The van der Waals surface area contributed by atoms with Crippen molar-refractivity contribution in [1.29, 1.82) is 0 Å². The Bertz CT molecular complexity index is 457. The van der Waals surface area contributed by atoms with Crippen LogP contribution in [-0.2, 0) is 16.0 Å². The molecule has 104 valence electrons. The van der Waals surface area contributed by atoms with Gasteiger partial charge in [-0.3, -0.25) is 9.78 Å². The number of hydrogen-bond acceptors (Lipinski definition) is 3. The summed E-state index contributed by atoms with van der Waals surface area (Å²) in [6.07, 6.45) is 5.73. The molecule has 1 saturated heterocycles. The van der Waals surface area contributed by atoms with Crippen LogP contribution >= 0.6 is 0 Å². The fraction of sp³-hybridized carbons (Fsp3) is 0.600. The number of aryl methyl sites for hydroxylation is 1. The molecular weight excluding hydrogens is 240 g/mol. The highest BCUT2D eigenvalue weighted by Crippen LogP contribution is 2.32. The second-order valence-electron chi connectivity index (χ2n) is 5.94. The van der Waals surface area contributed by atoms with Gasteiger partial charge in [0.05, 0.1) is 31.0 Å². The van der Waals surface area contributed by atoms with E-state index < -0.39 is 0 Å². The maximum Gasteiger partial charge on any atom is 0.227 e. The first-order valence-electron chi connectivity index (χ1n) is 6.84. The molecule has 4 nitrogen and oxygen atoms in total. The summed E-state index contributed by atoms with van der Waals surface area (Å²) in [5, 5.41) is 2.93. The van der Waals surface area contributed by atoms with Crippen LogP contribution in [0.25, 0.3) is 0 Å². The van der Waals surface area contributed by atoms with E-state index in [0.29, 0.717) is 6.42 Å². The van der Waals surface area contributed by atoms with E-state index in [2.05, 4.69) is 31.1 Å². The van der Waals surface area contributed by atoms with Gasteiger partial charge in [-0.25, -0.2) is 0 Å². The summed E-state index contributed by atoms with van der Waals surface area (Å²) in [7, 11) is 0. The molecule has 1 N–H and O–H groups in total. The summed E-state index contributed by atoms with van der Waals surface area (Å²) >= 11 is 0. The van der Waals surface area contributed by atoms with Crippen LogP contribution in [-0.4, -0.2) is 23.6 Å². The first kappa shape index (κ1) is 14.0. The van der Waals surface area contributed by atoms with Gasteiger partial charge in [0.1, 0.15) is 0 Å². The van der Waals surface area contributed by atoms with Gasteiger partial charge in [0.2, 0.25) is 5.91 Å². The van der Waals surface area contributed by atoms with Crippen molar-refractivity contribution in [3.8, 4) is 0 Å². The Morgan fingerprint density at radius 3 is 3.00 bits per heavy atom. The highest BCUT2D eigenvalue weighted by molar-refractivity contribution is 5.91. The fourth-order valence-corrected chi connectivity index (χ4v) is 2.46. The number of anilines is 1. The number of nitrogens with one attached hydrogen (secondary N) is 1. The van der Waals surface area contributed by atoms with Crippen LogP contribution < -0.4 is 5.32 Å². The summed E-state index contributed by atoms with van der Waals surface area (Å²) in [6.45, 7) is 7.13. The molecule has 1 amide bonds. The third-order valence-corrected chi connectivity index (χ3v) is 3.47. The smallest absolute Gasteiger partial charge is 0.227 e. The number of nitrogens with zero attached hydrogens (tertiary/aromatic N) is 1. The van der Waals surface area contributed by atoms with Crippen molar-refractivity contribution in [3.05, 3.63) is 24.0 Å². The van der Waals surface area contributed by atoms with Crippen molar-refractivity contribution in [1.82, 2.24) is 4.98 Å². The Balaban J connectivity index is 1.91. The van der Waals surface area contributed by atoms with E-state index in [1.54, 1.807) is 12.4 Å². The molecule has 1 aromatic rings. The van der Waals surface area contributed by atoms with Crippen molar-refractivity contribution in [3.63, 3.8) is 0 Å². The van der Waals surface area contributed by atoms with E-state index in [-0.39, 0.29) is 17.4 Å². The molecule has 0 aromatic carbocycles. The summed E-state index contributed by atoms with van der Waals surface area (Å²) < 4.78 is 5.66. The monoisotopic (exact) mass is 262 g/mol. The third-order valence-electron chi connectivity index (χ3n) is 3.47. The quantitative estimate of drug-likeness (QED) is 0.907. The molecule has 0 radical (unpaired) electrons. The van der Waals surface area contributed by atoms with Crippen LogP contribution in [0.15, 0.2) is 18.5 Å². The van der Waals surface area contributed by atoms with Gasteiger partial charge in [0, 0.05) is 6.20 Å².